The van der Waals surface area contributed by atoms with Gasteiger partial charge in [0.05, 0.1) is 0 Å². The summed E-state index contributed by atoms with van der Waals surface area (Å²) in [4.78, 5) is 23.6. The van der Waals surface area contributed by atoms with E-state index in [1.54, 1.807) is 0 Å². The second kappa shape index (κ2) is 4.57. The molecule has 1 aromatic carbocycles. The van der Waals surface area contributed by atoms with Crippen molar-refractivity contribution >= 4 is 12.4 Å². The van der Waals surface area contributed by atoms with Gasteiger partial charge >= 0.3 is 5.97 Å². The first-order valence-electron chi connectivity index (χ1n) is 5.33. The number of aliphatic carboxylic acids is 1. The Morgan fingerprint density at radius 1 is 1.41 bits per heavy atom. The van der Waals surface area contributed by atoms with Gasteiger partial charge in [0.2, 0.25) is 6.41 Å². The third-order valence-corrected chi connectivity index (χ3v) is 3.20. The average molecular weight is 235 g/mol. The molecule has 0 radical (unpaired) electrons. The van der Waals surface area contributed by atoms with Gasteiger partial charge < -0.3 is 10.0 Å². The molecule has 0 saturated carbocycles. The van der Waals surface area contributed by atoms with Crippen LogP contribution in [0.5, 0.6) is 0 Å². The molecule has 4 nitrogen and oxygen atoms in total. The average Bonchev–Trinajstić information content (AvgIpc) is 2.29. The van der Waals surface area contributed by atoms with Crippen LogP contribution in [-0.2, 0) is 15.1 Å². The lowest BCUT2D eigenvalue weighted by Crippen LogP contribution is -2.47. The fraction of sp³-hybridized carbons (Fsp3) is 0.385. The monoisotopic (exact) mass is 235 g/mol. The Morgan fingerprint density at radius 2 is 2.00 bits per heavy atom. The van der Waals surface area contributed by atoms with Crippen LogP contribution in [0.25, 0.3) is 0 Å². The van der Waals surface area contributed by atoms with Crippen LogP contribution in [0.1, 0.15) is 23.6 Å². The van der Waals surface area contributed by atoms with Gasteiger partial charge in [0, 0.05) is 7.05 Å². The van der Waals surface area contributed by atoms with Gasteiger partial charge in [0.1, 0.15) is 0 Å². The number of carboxylic acid groups (broad SMARTS) is 1. The second-order valence-corrected chi connectivity index (χ2v) is 4.41. The van der Waals surface area contributed by atoms with Gasteiger partial charge in [-0.15, -0.1) is 0 Å². The summed E-state index contributed by atoms with van der Waals surface area (Å²) in [5.41, 5.74) is 1.13. The van der Waals surface area contributed by atoms with Crippen molar-refractivity contribution in [3.05, 3.63) is 34.9 Å². The number of hydrogen-bond acceptors (Lipinski definition) is 2. The summed E-state index contributed by atoms with van der Waals surface area (Å²) < 4.78 is 0. The molecule has 0 heterocycles. The minimum Gasteiger partial charge on any atom is -0.479 e. The van der Waals surface area contributed by atoms with Crippen LogP contribution in [0.2, 0.25) is 0 Å². The summed E-state index contributed by atoms with van der Waals surface area (Å²) in [5.74, 6) is -1.04. The predicted molar refractivity (Wildman–Crippen MR) is 64.7 cm³/mol. The lowest BCUT2D eigenvalue weighted by molar-refractivity contribution is -0.153. The maximum absolute atomic E-state index is 11.5. The number of amides is 1. The molecule has 1 rings (SSSR count). The third-order valence-electron chi connectivity index (χ3n) is 3.20. The van der Waals surface area contributed by atoms with Crippen LogP contribution in [0.3, 0.4) is 0 Å². The van der Waals surface area contributed by atoms with E-state index in [1.807, 2.05) is 32.0 Å². The molecule has 4 heteroatoms. The van der Waals surface area contributed by atoms with Crippen molar-refractivity contribution in [2.45, 2.75) is 26.3 Å². The Kier molecular flexibility index (Phi) is 3.56. The van der Waals surface area contributed by atoms with Gasteiger partial charge in [-0.2, -0.15) is 0 Å². The summed E-state index contributed by atoms with van der Waals surface area (Å²) in [6, 6.07) is 5.59. The van der Waals surface area contributed by atoms with Crippen molar-refractivity contribution in [1.82, 2.24) is 4.90 Å². The van der Waals surface area contributed by atoms with Crippen molar-refractivity contribution in [2.24, 2.45) is 0 Å². The lowest BCUT2D eigenvalue weighted by atomic mass is 9.86. The largest absolute Gasteiger partial charge is 0.479 e. The summed E-state index contributed by atoms with van der Waals surface area (Å²) in [7, 11) is 1.48. The third kappa shape index (κ3) is 2.16. The molecule has 0 spiro atoms. The zero-order valence-electron chi connectivity index (χ0n) is 10.5. The van der Waals surface area contributed by atoms with E-state index in [4.69, 9.17) is 0 Å². The highest BCUT2D eigenvalue weighted by Gasteiger charge is 2.40. The van der Waals surface area contributed by atoms with E-state index in [2.05, 4.69) is 0 Å². The Balaban J connectivity index is 3.47. The summed E-state index contributed by atoms with van der Waals surface area (Å²) in [6.07, 6.45) is 0.538. The number of carbonyl (C=O) groups is 2. The predicted octanol–water partition coefficient (Wildman–Crippen LogP) is 1.69. The van der Waals surface area contributed by atoms with Crippen molar-refractivity contribution in [3.8, 4) is 0 Å². The molecule has 0 aliphatic carbocycles. The minimum absolute atomic E-state index is 0.538. The van der Waals surface area contributed by atoms with Crippen LogP contribution in [0.4, 0.5) is 0 Å². The number of carboxylic acids is 1. The quantitative estimate of drug-likeness (QED) is 0.808. The van der Waals surface area contributed by atoms with Crippen LogP contribution in [0.15, 0.2) is 18.2 Å². The van der Waals surface area contributed by atoms with E-state index in [-0.39, 0.29) is 0 Å². The highest BCUT2D eigenvalue weighted by Crippen LogP contribution is 2.30. The Labute approximate surface area is 101 Å². The number of benzene rings is 1. The van der Waals surface area contributed by atoms with Crippen molar-refractivity contribution in [2.75, 3.05) is 7.05 Å². The fourth-order valence-electron chi connectivity index (χ4n) is 1.82. The molecule has 1 aromatic rings. The van der Waals surface area contributed by atoms with Gasteiger partial charge in [-0.05, 0) is 31.9 Å². The molecule has 1 amide bonds. The number of carbonyl (C=O) groups excluding carboxylic acids is 1. The molecule has 0 bridgehead atoms. The fourth-order valence-corrected chi connectivity index (χ4v) is 1.82. The first-order chi connectivity index (χ1) is 7.83. The van der Waals surface area contributed by atoms with Gasteiger partial charge in [-0.1, -0.05) is 23.8 Å². The molecule has 0 aliphatic heterocycles. The highest BCUT2D eigenvalue weighted by atomic mass is 16.4. The number of aryl methyl sites for hydroxylation is 2. The SMILES string of the molecule is Cc1ccc(C)c(C(C)(C(=O)O)N(C)C=O)c1. The van der Waals surface area contributed by atoms with E-state index >= 15 is 0 Å². The van der Waals surface area contributed by atoms with Crippen molar-refractivity contribution < 1.29 is 14.7 Å². The first kappa shape index (κ1) is 13.2. The van der Waals surface area contributed by atoms with E-state index in [9.17, 15) is 14.7 Å². The molecular weight excluding hydrogens is 218 g/mol. The zero-order chi connectivity index (χ0) is 13.2. The number of likely N-dealkylation sites (N-methyl/N-ethyl adjacent to an activating group) is 1. The normalized spacial score (nSPS) is 13.9. The van der Waals surface area contributed by atoms with E-state index in [1.165, 1.54) is 18.9 Å². The first-order valence-corrected chi connectivity index (χ1v) is 5.33. The van der Waals surface area contributed by atoms with E-state index in [0.29, 0.717) is 12.0 Å². The van der Waals surface area contributed by atoms with E-state index < -0.39 is 11.5 Å². The van der Waals surface area contributed by atoms with Crippen LogP contribution >= 0.6 is 0 Å². The molecule has 0 aromatic heterocycles. The smallest absolute Gasteiger partial charge is 0.334 e. The maximum atomic E-state index is 11.5. The van der Waals surface area contributed by atoms with Gasteiger partial charge in [-0.3, -0.25) is 4.79 Å². The molecule has 0 fully saturated rings. The van der Waals surface area contributed by atoms with Crippen LogP contribution < -0.4 is 0 Å². The Hall–Kier alpha value is -1.84. The summed E-state index contributed by atoms with van der Waals surface area (Å²) in [5, 5.41) is 9.40. The van der Waals surface area contributed by atoms with Crippen molar-refractivity contribution in [1.29, 1.82) is 0 Å². The van der Waals surface area contributed by atoms with Crippen LogP contribution in [-0.4, -0.2) is 29.4 Å². The van der Waals surface area contributed by atoms with Gasteiger partial charge in [0.15, 0.2) is 5.54 Å². The summed E-state index contributed by atoms with van der Waals surface area (Å²) in [6.45, 7) is 5.27. The van der Waals surface area contributed by atoms with Gasteiger partial charge in [0.25, 0.3) is 0 Å². The molecule has 0 saturated heterocycles. The maximum Gasteiger partial charge on any atom is 0.334 e. The van der Waals surface area contributed by atoms with E-state index in [0.717, 1.165) is 11.1 Å². The molecule has 1 unspecified atom stereocenters. The topological polar surface area (TPSA) is 57.6 Å². The molecule has 1 atom stereocenters. The molecule has 1 N–H and O–H groups in total. The Bertz CT molecular complexity index is 456. The molecule has 0 aliphatic rings. The van der Waals surface area contributed by atoms with Crippen molar-refractivity contribution in [3.63, 3.8) is 0 Å². The highest BCUT2D eigenvalue weighted by molar-refractivity contribution is 5.83. The lowest BCUT2D eigenvalue weighted by Gasteiger charge is -2.34. The minimum atomic E-state index is -1.34. The second-order valence-electron chi connectivity index (χ2n) is 4.41. The number of nitrogens with zero attached hydrogens (tertiary/aromatic N) is 1. The van der Waals surface area contributed by atoms with Gasteiger partial charge in [-0.25, -0.2) is 4.79 Å². The standard InChI is InChI=1S/C13H17NO3/c1-9-5-6-10(2)11(7-9)13(3,12(16)17)14(4)8-15/h5-8H,1-4H3,(H,16,17). The molecular formula is C13H17NO3. The number of rotatable bonds is 4. The van der Waals surface area contributed by atoms with Crippen LogP contribution in [0, 0.1) is 13.8 Å². The molecule has 17 heavy (non-hydrogen) atoms. The Morgan fingerprint density at radius 3 is 2.47 bits per heavy atom. The zero-order valence-corrected chi connectivity index (χ0v) is 10.5. The molecule has 92 valence electrons. The number of hydrogen-bond donors (Lipinski definition) is 1. The summed E-state index contributed by atoms with van der Waals surface area (Å²) >= 11 is 0.